The predicted octanol–water partition coefficient (Wildman–Crippen LogP) is 2.29. The van der Waals surface area contributed by atoms with Crippen molar-refractivity contribution in [2.75, 3.05) is 6.54 Å². The first-order chi connectivity index (χ1) is 8.04. The molecule has 1 aromatic carbocycles. The van der Waals surface area contributed by atoms with Gasteiger partial charge in [0.1, 0.15) is 0 Å². The topological polar surface area (TPSA) is 63.3 Å². The molecule has 3 N–H and O–H groups in total. The van der Waals surface area contributed by atoms with E-state index >= 15 is 0 Å². The SMILES string of the molecule is Cc1ccc(CC(CCCN)C(=O)O)cc1C. The summed E-state index contributed by atoms with van der Waals surface area (Å²) in [5.41, 5.74) is 8.97. The molecule has 0 fully saturated rings. The van der Waals surface area contributed by atoms with Crippen LogP contribution in [-0.4, -0.2) is 17.6 Å². The number of carbonyl (C=O) groups is 1. The maximum atomic E-state index is 11.1. The molecule has 0 saturated carbocycles. The van der Waals surface area contributed by atoms with E-state index in [0.29, 0.717) is 19.4 Å². The lowest BCUT2D eigenvalue weighted by Gasteiger charge is -2.12. The minimum Gasteiger partial charge on any atom is -0.481 e. The van der Waals surface area contributed by atoms with Gasteiger partial charge in [0.05, 0.1) is 5.92 Å². The third-order valence-electron chi connectivity index (χ3n) is 3.16. The smallest absolute Gasteiger partial charge is 0.306 e. The van der Waals surface area contributed by atoms with Crippen LogP contribution in [0.4, 0.5) is 0 Å². The summed E-state index contributed by atoms with van der Waals surface area (Å²) in [7, 11) is 0. The minimum absolute atomic E-state index is 0.319. The summed E-state index contributed by atoms with van der Waals surface area (Å²) in [5, 5.41) is 9.14. The number of carboxylic acids is 1. The second-order valence-electron chi connectivity index (χ2n) is 4.59. The Morgan fingerprint density at radius 3 is 2.59 bits per heavy atom. The summed E-state index contributed by atoms with van der Waals surface area (Å²) >= 11 is 0. The molecule has 3 nitrogen and oxygen atoms in total. The summed E-state index contributed by atoms with van der Waals surface area (Å²) in [6.45, 7) is 4.66. The van der Waals surface area contributed by atoms with Crippen molar-refractivity contribution in [1.82, 2.24) is 0 Å². The Kier molecular flexibility index (Phi) is 5.16. The average Bonchev–Trinajstić information content (AvgIpc) is 2.28. The molecular formula is C14H21NO2. The van der Waals surface area contributed by atoms with Gasteiger partial charge >= 0.3 is 5.97 Å². The predicted molar refractivity (Wildman–Crippen MR) is 69.0 cm³/mol. The third-order valence-corrected chi connectivity index (χ3v) is 3.16. The van der Waals surface area contributed by atoms with Crippen molar-refractivity contribution in [2.24, 2.45) is 11.7 Å². The first-order valence-corrected chi connectivity index (χ1v) is 6.03. The number of carboxylic acid groups (broad SMARTS) is 1. The molecule has 1 atom stereocenters. The number of rotatable bonds is 6. The maximum Gasteiger partial charge on any atom is 0.306 e. The Morgan fingerprint density at radius 1 is 1.35 bits per heavy atom. The fourth-order valence-electron chi connectivity index (χ4n) is 1.89. The highest BCUT2D eigenvalue weighted by Crippen LogP contribution is 2.17. The lowest BCUT2D eigenvalue weighted by atomic mass is 9.93. The molecule has 1 aromatic rings. The minimum atomic E-state index is -0.725. The summed E-state index contributed by atoms with van der Waals surface area (Å²) in [4.78, 5) is 11.1. The van der Waals surface area contributed by atoms with E-state index in [1.165, 1.54) is 11.1 Å². The zero-order valence-corrected chi connectivity index (χ0v) is 10.6. The lowest BCUT2D eigenvalue weighted by molar-refractivity contribution is -0.141. The molecule has 0 spiro atoms. The van der Waals surface area contributed by atoms with Crippen LogP contribution < -0.4 is 5.73 Å². The maximum absolute atomic E-state index is 11.1. The van der Waals surface area contributed by atoms with Crippen molar-refractivity contribution in [1.29, 1.82) is 0 Å². The quantitative estimate of drug-likeness (QED) is 0.795. The Balaban J connectivity index is 2.71. The van der Waals surface area contributed by atoms with Crippen LogP contribution in [-0.2, 0) is 11.2 Å². The molecule has 0 aliphatic carbocycles. The van der Waals surface area contributed by atoms with E-state index in [9.17, 15) is 4.79 Å². The largest absolute Gasteiger partial charge is 0.481 e. The average molecular weight is 235 g/mol. The van der Waals surface area contributed by atoms with E-state index in [0.717, 1.165) is 12.0 Å². The molecule has 94 valence electrons. The highest BCUT2D eigenvalue weighted by molar-refractivity contribution is 5.70. The molecule has 17 heavy (non-hydrogen) atoms. The van der Waals surface area contributed by atoms with Gasteiger partial charge in [-0.05, 0) is 56.3 Å². The zero-order valence-electron chi connectivity index (χ0n) is 10.6. The number of aryl methyl sites for hydroxylation is 2. The Morgan fingerprint density at radius 2 is 2.06 bits per heavy atom. The van der Waals surface area contributed by atoms with Gasteiger partial charge in [0.25, 0.3) is 0 Å². The van der Waals surface area contributed by atoms with Crippen LogP contribution in [0.25, 0.3) is 0 Å². The Labute approximate surface area is 103 Å². The lowest BCUT2D eigenvalue weighted by Crippen LogP contribution is -2.18. The summed E-state index contributed by atoms with van der Waals surface area (Å²) in [5.74, 6) is -1.04. The number of benzene rings is 1. The summed E-state index contributed by atoms with van der Waals surface area (Å²) < 4.78 is 0. The van der Waals surface area contributed by atoms with Crippen LogP contribution in [0, 0.1) is 19.8 Å². The monoisotopic (exact) mass is 235 g/mol. The molecule has 3 heteroatoms. The van der Waals surface area contributed by atoms with Gasteiger partial charge in [-0.1, -0.05) is 18.2 Å². The number of nitrogens with two attached hydrogens (primary N) is 1. The molecule has 0 aromatic heterocycles. The molecule has 1 rings (SSSR count). The van der Waals surface area contributed by atoms with Gasteiger partial charge in [-0.2, -0.15) is 0 Å². The standard InChI is InChI=1S/C14H21NO2/c1-10-5-6-12(8-11(10)2)9-13(14(16)17)4-3-7-15/h5-6,8,13H,3-4,7,9,15H2,1-2H3,(H,16,17). The van der Waals surface area contributed by atoms with E-state index in [1.54, 1.807) is 0 Å². The Hall–Kier alpha value is -1.35. The van der Waals surface area contributed by atoms with Crippen molar-refractivity contribution >= 4 is 5.97 Å². The summed E-state index contributed by atoms with van der Waals surface area (Å²) in [6.07, 6.45) is 2.01. The van der Waals surface area contributed by atoms with E-state index in [2.05, 4.69) is 19.9 Å². The molecule has 1 unspecified atom stereocenters. The van der Waals surface area contributed by atoms with Gasteiger partial charge in [-0.3, -0.25) is 4.79 Å². The number of hydrogen-bond acceptors (Lipinski definition) is 2. The van der Waals surface area contributed by atoms with Gasteiger partial charge in [-0.25, -0.2) is 0 Å². The first kappa shape index (κ1) is 13.7. The van der Waals surface area contributed by atoms with Crippen molar-refractivity contribution in [3.63, 3.8) is 0 Å². The normalized spacial score (nSPS) is 12.4. The van der Waals surface area contributed by atoms with E-state index < -0.39 is 5.97 Å². The van der Waals surface area contributed by atoms with Crippen LogP contribution in [0.5, 0.6) is 0 Å². The van der Waals surface area contributed by atoms with Gasteiger partial charge in [-0.15, -0.1) is 0 Å². The van der Waals surface area contributed by atoms with Crippen molar-refractivity contribution in [3.8, 4) is 0 Å². The fourth-order valence-corrected chi connectivity index (χ4v) is 1.89. The van der Waals surface area contributed by atoms with E-state index in [-0.39, 0.29) is 5.92 Å². The number of hydrogen-bond donors (Lipinski definition) is 2. The van der Waals surface area contributed by atoms with Gasteiger partial charge < -0.3 is 10.8 Å². The molecule has 0 amide bonds. The van der Waals surface area contributed by atoms with E-state index in [4.69, 9.17) is 10.8 Å². The molecular weight excluding hydrogens is 214 g/mol. The van der Waals surface area contributed by atoms with Gasteiger partial charge in [0, 0.05) is 0 Å². The third kappa shape index (κ3) is 4.19. The number of aliphatic carboxylic acids is 1. The zero-order chi connectivity index (χ0) is 12.8. The Bertz CT molecular complexity index is 388. The first-order valence-electron chi connectivity index (χ1n) is 6.03. The molecule has 0 heterocycles. The van der Waals surface area contributed by atoms with Gasteiger partial charge in [0.2, 0.25) is 0 Å². The molecule has 0 saturated heterocycles. The van der Waals surface area contributed by atoms with Crippen LogP contribution in [0.1, 0.15) is 29.5 Å². The van der Waals surface area contributed by atoms with Crippen LogP contribution in [0.2, 0.25) is 0 Å². The van der Waals surface area contributed by atoms with Crippen molar-refractivity contribution in [3.05, 3.63) is 34.9 Å². The van der Waals surface area contributed by atoms with Crippen LogP contribution in [0.15, 0.2) is 18.2 Å². The molecule has 0 aliphatic heterocycles. The highest BCUT2D eigenvalue weighted by Gasteiger charge is 2.17. The highest BCUT2D eigenvalue weighted by atomic mass is 16.4. The van der Waals surface area contributed by atoms with Crippen LogP contribution >= 0.6 is 0 Å². The molecule has 0 radical (unpaired) electrons. The van der Waals surface area contributed by atoms with E-state index in [1.807, 2.05) is 12.1 Å². The van der Waals surface area contributed by atoms with Crippen LogP contribution in [0.3, 0.4) is 0 Å². The fraction of sp³-hybridized carbons (Fsp3) is 0.500. The second kappa shape index (κ2) is 6.40. The molecule has 0 aliphatic rings. The van der Waals surface area contributed by atoms with Crippen molar-refractivity contribution < 1.29 is 9.90 Å². The summed E-state index contributed by atoms with van der Waals surface area (Å²) in [6, 6.07) is 6.14. The molecule has 0 bridgehead atoms. The van der Waals surface area contributed by atoms with Crippen molar-refractivity contribution in [2.45, 2.75) is 33.1 Å². The second-order valence-corrected chi connectivity index (χ2v) is 4.59. The van der Waals surface area contributed by atoms with Gasteiger partial charge in [0.15, 0.2) is 0 Å².